The third-order valence-electron chi connectivity index (χ3n) is 4.89. The molecule has 0 aliphatic heterocycles. The van der Waals surface area contributed by atoms with Gasteiger partial charge in [0.15, 0.2) is 10.8 Å². The standard InChI is InChI=1S/C23H28N4O3S/c1-5-30-22(29)21-18(4)31-23(24-21)26(13-11-19-9-7-6-8-10-19)20(28)12-14-27-17(3)15-16(2)25-27/h6-10,15H,5,11-14H2,1-4H3. The fraction of sp³-hybridized carbons (Fsp3) is 0.391. The number of ether oxygens (including phenoxy) is 1. The Morgan fingerprint density at radius 2 is 1.90 bits per heavy atom. The number of carbonyl (C=O) groups is 2. The molecule has 2 aromatic heterocycles. The van der Waals surface area contributed by atoms with Gasteiger partial charge in [-0.3, -0.25) is 14.4 Å². The Morgan fingerprint density at radius 3 is 2.55 bits per heavy atom. The van der Waals surface area contributed by atoms with Crippen LogP contribution in [0.3, 0.4) is 0 Å². The van der Waals surface area contributed by atoms with Crippen molar-refractivity contribution < 1.29 is 14.3 Å². The summed E-state index contributed by atoms with van der Waals surface area (Å²) in [7, 11) is 0. The SMILES string of the molecule is CCOC(=O)c1nc(N(CCc2ccccc2)C(=O)CCn2nc(C)cc2C)sc1C. The van der Waals surface area contributed by atoms with E-state index in [2.05, 4.69) is 10.1 Å². The van der Waals surface area contributed by atoms with E-state index >= 15 is 0 Å². The number of aryl methyl sites for hydroxylation is 4. The lowest BCUT2D eigenvalue weighted by Crippen LogP contribution is -2.33. The normalized spacial score (nSPS) is 10.8. The van der Waals surface area contributed by atoms with Crippen LogP contribution in [-0.4, -0.2) is 39.8 Å². The van der Waals surface area contributed by atoms with Crippen LogP contribution in [0.4, 0.5) is 5.13 Å². The molecule has 0 unspecified atom stereocenters. The van der Waals surface area contributed by atoms with Crippen molar-refractivity contribution in [2.45, 2.75) is 47.1 Å². The fourth-order valence-electron chi connectivity index (χ4n) is 3.34. The van der Waals surface area contributed by atoms with Gasteiger partial charge < -0.3 is 4.74 Å². The highest BCUT2D eigenvalue weighted by molar-refractivity contribution is 7.16. The molecule has 164 valence electrons. The molecule has 0 aliphatic carbocycles. The number of benzene rings is 1. The van der Waals surface area contributed by atoms with Gasteiger partial charge in [0.05, 0.1) is 12.3 Å². The van der Waals surface area contributed by atoms with Gasteiger partial charge in [-0.05, 0) is 45.7 Å². The van der Waals surface area contributed by atoms with E-state index in [4.69, 9.17) is 4.74 Å². The smallest absolute Gasteiger partial charge is 0.358 e. The summed E-state index contributed by atoms with van der Waals surface area (Å²) in [5.41, 5.74) is 3.37. The molecule has 2 heterocycles. The van der Waals surface area contributed by atoms with Crippen molar-refractivity contribution in [3.8, 4) is 0 Å². The van der Waals surface area contributed by atoms with Crippen molar-refractivity contribution in [2.75, 3.05) is 18.1 Å². The number of nitrogens with zero attached hydrogens (tertiary/aromatic N) is 4. The second-order valence-corrected chi connectivity index (χ2v) is 8.48. The molecule has 3 aromatic rings. The Morgan fingerprint density at radius 1 is 1.16 bits per heavy atom. The molecule has 0 radical (unpaired) electrons. The van der Waals surface area contributed by atoms with Crippen LogP contribution in [0, 0.1) is 20.8 Å². The average molecular weight is 441 g/mol. The maximum atomic E-state index is 13.2. The second-order valence-electron chi connectivity index (χ2n) is 7.30. The number of rotatable bonds is 9. The van der Waals surface area contributed by atoms with E-state index in [-0.39, 0.29) is 18.2 Å². The first-order valence-corrected chi connectivity index (χ1v) is 11.2. The van der Waals surface area contributed by atoms with Crippen molar-refractivity contribution in [1.29, 1.82) is 0 Å². The summed E-state index contributed by atoms with van der Waals surface area (Å²) in [6.45, 7) is 8.76. The van der Waals surface area contributed by atoms with Gasteiger partial charge in [0, 0.05) is 30.1 Å². The number of thiazole rings is 1. The number of esters is 1. The number of hydrogen-bond donors (Lipinski definition) is 0. The van der Waals surface area contributed by atoms with E-state index in [0.717, 1.165) is 21.8 Å². The van der Waals surface area contributed by atoms with Crippen LogP contribution in [-0.2, 0) is 22.5 Å². The summed E-state index contributed by atoms with van der Waals surface area (Å²) in [6, 6.07) is 12.0. The van der Waals surface area contributed by atoms with Crippen LogP contribution in [0.5, 0.6) is 0 Å². The Labute approximate surface area is 186 Å². The molecular formula is C23H28N4O3S. The van der Waals surface area contributed by atoms with Gasteiger partial charge in [-0.2, -0.15) is 5.10 Å². The molecule has 0 saturated carbocycles. The molecule has 1 aromatic carbocycles. The van der Waals surface area contributed by atoms with Gasteiger partial charge in [-0.15, -0.1) is 11.3 Å². The summed E-state index contributed by atoms with van der Waals surface area (Å²) in [4.78, 5) is 32.3. The van der Waals surface area contributed by atoms with Gasteiger partial charge in [0.25, 0.3) is 0 Å². The Kier molecular flexibility index (Phi) is 7.57. The summed E-state index contributed by atoms with van der Waals surface area (Å²) in [6.07, 6.45) is 0.990. The molecule has 8 heteroatoms. The zero-order valence-corrected chi connectivity index (χ0v) is 19.2. The molecule has 0 N–H and O–H groups in total. The number of carbonyl (C=O) groups excluding carboxylic acids is 2. The molecular weight excluding hydrogens is 412 g/mol. The van der Waals surface area contributed by atoms with Crippen LogP contribution in [0.1, 0.15) is 45.7 Å². The van der Waals surface area contributed by atoms with Crippen molar-refractivity contribution >= 4 is 28.3 Å². The van der Waals surface area contributed by atoms with Crippen LogP contribution in [0.2, 0.25) is 0 Å². The molecule has 1 amide bonds. The lowest BCUT2D eigenvalue weighted by molar-refractivity contribution is -0.118. The predicted octanol–water partition coefficient (Wildman–Crippen LogP) is 4.11. The minimum absolute atomic E-state index is 0.0485. The molecule has 0 bridgehead atoms. The Hall–Kier alpha value is -3.00. The van der Waals surface area contributed by atoms with Crippen molar-refractivity contribution in [3.05, 3.63) is 63.9 Å². The molecule has 0 spiro atoms. The van der Waals surface area contributed by atoms with E-state index < -0.39 is 5.97 Å². The van der Waals surface area contributed by atoms with E-state index in [1.165, 1.54) is 11.3 Å². The number of amides is 1. The van der Waals surface area contributed by atoms with Crippen LogP contribution < -0.4 is 4.90 Å². The highest BCUT2D eigenvalue weighted by Gasteiger charge is 2.24. The third kappa shape index (κ3) is 5.79. The van der Waals surface area contributed by atoms with Gasteiger partial charge in [0.1, 0.15) is 0 Å². The minimum atomic E-state index is -0.458. The quantitative estimate of drug-likeness (QED) is 0.468. The van der Waals surface area contributed by atoms with E-state index in [9.17, 15) is 9.59 Å². The highest BCUT2D eigenvalue weighted by atomic mass is 32.1. The molecule has 0 fully saturated rings. The van der Waals surface area contributed by atoms with Crippen molar-refractivity contribution in [3.63, 3.8) is 0 Å². The van der Waals surface area contributed by atoms with Gasteiger partial charge >= 0.3 is 5.97 Å². The van der Waals surface area contributed by atoms with Gasteiger partial charge in [-0.1, -0.05) is 30.3 Å². The molecule has 3 rings (SSSR count). The van der Waals surface area contributed by atoms with E-state index in [0.29, 0.717) is 31.1 Å². The summed E-state index contributed by atoms with van der Waals surface area (Å²) < 4.78 is 6.95. The van der Waals surface area contributed by atoms with Crippen LogP contribution in [0.15, 0.2) is 36.4 Å². The Balaban J connectivity index is 1.80. The fourth-order valence-corrected chi connectivity index (χ4v) is 4.28. The number of aromatic nitrogens is 3. The predicted molar refractivity (Wildman–Crippen MR) is 122 cm³/mol. The first-order chi connectivity index (χ1) is 14.9. The first-order valence-electron chi connectivity index (χ1n) is 10.4. The van der Waals surface area contributed by atoms with Crippen LogP contribution >= 0.6 is 11.3 Å². The third-order valence-corrected chi connectivity index (χ3v) is 5.89. The topological polar surface area (TPSA) is 77.3 Å². The number of hydrogen-bond acceptors (Lipinski definition) is 6. The molecule has 0 saturated heterocycles. The molecule has 0 atom stereocenters. The first kappa shape index (κ1) is 22.7. The Bertz CT molecular complexity index is 1040. The monoisotopic (exact) mass is 440 g/mol. The molecule has 0 aliphatic rings. The minimum Gasteiger partial charge on any atom is -0.461 e. The summed E-state index contributed by atoms with van der Waals surface area (Å²) in [5, 5.41) is 4.96. The van der Waals surface area contributed by atoms with Gasteiger partial charge in [-0.25, -0.2) is 9.78 Å². The molecule has 7 nitrogen and oxygen atoms in total. The highest BCUT2D eigenvalue weighted by Crippen LogP contribution is 2.27. The van der Waals surface area contributed by atoms with Crippen LogP contribution in [0.25, 0.3) is 0 Å². The summed E-state index contributed by atoms with van der Waals surface area (Å²) in [5.74, 6) is -0.506. The van der Waals surface area contributed by atoms with Crippen molar-refractivity contribution in [1.82, 2.24) is 14.8 Å². The lowest BCUT2D eigenvalue weighted by Gasteiger charge is -2.20. The van der Waals surface area contributed by atoms with Gasteiger partial charge in [0.2, 0.25) is 5.91 Å². The second kappa shape index (κ2) is 10.3. The number of anilines is 1. The van der Waals surface area contributed by atoms with E-state index in [1.54, 1.807) is 11.8 Å². The average Bonchev–Trinajstić information content (AvgIpc) is 3.28. The largest absolute Gasteiger partial charge is 0.461 e. The zero-order valence-electron chi connectivity index (χ0n) is 18.4. The molecule has 31 heavy (non-hydrogen) atoms. The maximum absolute atomic E-state index is 13.2. The van der Waals surface area contributed by atoms with Crippen molar-refractivity contribution in [2.24, 2.45) is 0 Å². The summed E-state index contributed by atoms with van der Waals surface area (Å²) >= 11 is 1.34. The zero-order chi connectivity index (χ0) is 22.4. The maximum Gasteiger partial charge on any atom is 0.358 e. The lowest BCUT2D eigenvalue weighted by atomic mass is 10.1. The van der Waals surface area contributed by atoms with E-state index in [1.807, 2.05) is 61.9 Å².